The van der Waals surface area contributed by atoms with E-state index >= 15 is 0 Å². The molecule has 0 bridgehead atoms. The molecule has 1 atom stereocenters. The quantitative estimate of drug-likeness (QED) is 0.182. The van der Waals surface area contributed by atoms with Crippen molar-refractivity contribution in [1.82, 2.24) is 30.8 Å². The third-order valence-corrected chi connectivity index (χ3v) is 8.85. The van der Waals surface area contributed by atoms with E-state index < -0.39 is 6.04 Å². The number of nitrogens with two attached hydrogens (primary N) is 1. The molecule has 46 heavy (non-hydrogen) atoms. The number of tetrazole rings is 1. The number of rotatable bonds is 12. The van der Waals surface area contributed by atoms with Gasteiger partial charge in [-0.2, -0.15) is 5.21 Å². The number of amides is 3. The smallest absolute Gasteiger partial charge is 0.254 e. The number of nitrogens with one attached hydrogen (secondary N) is 3. The zero-order valence-electron chi connectivity index (χ0n) is 26.4. The van der Waals surface area contributed by atoms with Gasteiger partial charge in [0.25, 0.3) is 5.91 Å². The number of benzene rings is 3. The number of hydrogen-bond acceptors (Lipinski definition) is 7. The van der Waals surface area contributed by atoms with E-state index in [1.54, 1.807) is 29.2 Å². The maximum Gasteiger partial charge on any atom is 0.254 e. The summed E-state index contributed by atoms with van der Waals surface area (Å²) >= 11 is 0. The Morgan fingerprint density at radius 3 is 2.22 bits per heavy atom. The molecule has 1 aromatic heterocycles. The summed E-state index contributed by atoms with van der Waals surface area (Å²) in [6.45, 7) is 5.85. The third-order valence-electron chi connectivity index (χ3n) is 8.85. The highest BCUT2D eigenvalue weighted by Crippen LogP contribution is 2.29. The lowest BCUT2D eigenvalue weighted by molar-refractivity contribution is -0.130. The summed E-state index contributed by atoms with van der Waals surface area (Å²) in [6.07, 6.45) is 3.66. The van der Waals surface area contributed by atoms with E-state index in [9.17, 15) is 14.4 Å². The Morgan fingerprint density at radius 2 is 1.59 bits per heavy atom. The second kappa shape index (κ2) is 15.4. The van der Waals surface area contributed by atoms with Crippen molar-refractivity contribution in [2.75, 3.05) is 25.0 Å². The van der Waals surface area contributed by atoms with Crippen LogP contribution in [0, 0.1) is 11.8 Å². The van der Waals surface area contributed by atoms with Gasteiger partial charge in [-0.1, -0.05) is 42.5 Å². The topological polar surface area (TPSA) is 159 Å². The van der Waals surface area contributed by atoms with Crippen LogP contribution in [0.5, 0.6) is 0 Å². The molecular weight excluding hydrogens is 580 g/mol. The molecule has 1 aliphatic rings. The molecule has 0 saturated heterocycles. The van der Waals surface area contributed by atoms with E-state index in [4.69, 9.17) is 5.73 Å². The lowest BCUT2D eigenvalue weighted by Gasteiger charge is -2.28. The van der Waals surface area contributed by atoms with Crippen molar-refractivity contribution < 1.29 is 14.4 Å². The Hall–Kier alpha value is -4.90. The highest BCUT2D eigenvalue weighted by molar-refractivity contribution is 6.01. The minimum Gasteiger partial charge on any atom is -0.344 e. The van der Waals surface area contributed by atoms with E-state index in [0.717, 1.165) is 47.9 Å². The summed E-state index contributed by atoms with van der Waals surface area (Å²) in [5.74, 6) is 0.337. The van der Waals surface area contributed by atoms with Gasteiger partial charge in [-0.05, 0) is 104 Å². The van der Waals surface area contributed by atoms with E-state index in [0.29, 0.717) is 49.0 Å². The first-order chi connectivity index (χ1) is 22.4. The summed E-state index contributed by atoms with van der Waals surface area (Å²) < 4.78 is 0. The SMILES string of the molecule is CCN(CC)C(=O)c1ccccc1-c1ccc(C[C@H](NC(=O)C2CCC(CN)CC2)C(=O)Nc2ccc(-c3nn[nH]n3)cc2)cc1. The summed E-state index contributed by atoms with van der Waals surface area (Å²) in [6, 6.07) is 21.8. The molecule has 5 rings (SSSR count). The highest BCUT2D eigenvalue weighted by Gasteiger charge is 2.29. The van der Waals surface area contributed by atoms with E-state index in [2.05, 4.69) is 31.3 Å². The molecule has 3 amide bonds. The minimum atomic E-state index is -0.793. The van der Waals surface area contributed by atoms with Gasteiger partial charge >= 0.3 is 0 Å². The van der Waals surface area contributed by atoms with Crippen molar-refractivity contribution >= 4 is 23.4 Å². The molecule has 5 N–H and O–H groups in total. The second-order valence-electron chi connectivity index (χ2n) is 11.7. The Kier molecular flexibility index (Phi) is 10.9. The molecule has 3 aromatic carbocycles. The predicted molar refractivity (Wildman–Crippen MR) is 178 cm³/mol. The average molecular weight is 623 g/mol. The lowest BCUT2D eigenvalue weighted by Crippen LogP contribution is -2.48. The Bertz CT molecular complexity index is 1590. The molecule has 1 heterocycles. The van der Waals surface area contributed by atoms with Gasteiger partial charge in [-0.25, -0.2) is 0 Å². The number of anilines is 1. The second-order valence-corrected chi connectivity index (χ2v) is 11.7. The fourth-order valence-corrected chi connectivity index (χ4v) is 6.03. The molecule has 1 fully saturated rings. The fourth-order valence-electron chi connectivity index (χ4n) is 6.03. The molecule has 1 saturated carbocycles. The van der Waals surface area contributed by atoms with Gasteiger partial charge in [-0.15, -0.1) is 10.2 Å². The van der Waals surface area contributed by atoms with Gasteiger partial charge < -0.3 is 21.3 Å². The van der Waals surface area contributed by atoms with E-state index in [1.807, 2.05) is 62.4 Å². The van der Waals surface area contributed by atoms with Crippen molar-refractivity contribution in [2.24, 2.45) is 17.6 Å². The first kappa shape index (κ1) is 32.5. The van der Waals surface area contributed by atoms with Crippen molar-refractivity contribution in [3.05, 3.63) is 83.9 Å². The van der Waals surface area contributed by atoms with Crippen LogP contribution >= 0.6 is 0 Å². The largest absolute Gasteiger partial charge is 0.344 e. The van der Waals surface area contributed by atoms with E-state index in [1.165, 1.54) is 0 Å². The van der Waals surface area contributed by atoms with Gasteiger partial charge in [0, 0.05) is 42.2 Å². The third kappa shape index (κ3) is 7.84. The molecule has 0 unspecified atom stereocenters. The van der Waals surface area contributed by atoms with Crippen molar-refractivity contribution in [3.63, 3.8) is 0 Å². The average Bonchev–Trinajstić information content (AvgIpc) is 3.64. The van der Waals surface area contributed by atoms with Crippen LogP contribution in [0.3, 0.4) is 0 Å². The van der Waals surface area contributed by atoms with Crippen LogP contribution in [-0.4, -0.2) is 68.9 Å². The van der Waals surface area contributed by atoms with Crippen LogP contribution in [-0.2, 0) is 16.0 Å². The van der Waals surface area contributed by atoms with Gasteiger partial charge in [0.1, 0.15) is 6.04 Å². The van der Waals surface area contributed by atoms with Crippen LogP contribution < -0.4 is 16.4 Å². The first-order valence-electron chi connectivity index (χ1n) is 16.0. The summed E-state index contributed by atoms with van der Waals surface area (Å²) in [7, 11) is 0. The predicted octanol–water partition coefficient (Wildman–Crippen LogP) is 4.45. The van der Waals surface area contributed by atoms with Gasteiger partial charge in [0.15, 0.2) is 0 Å². The van der Waals surface area contributed by atoms with Gasteiger partial charge in [0.05, 0.1) is 0 Å². The number of H-pyrrole nitrogens is 1. The molecule has 1 aliphatic carbocycles. The van der Waals surface area contributed by atoms with Crippen LogP contribution in [0.25, 0.3) is 22.5 Å². The van der Waals surface area contributed by atoms with Gasteiger partial charge in [0.2, 0.25) is 17.6 Å². The number of aromatic amines is 1. The summed E-state index contributed by atoms with van der Waals surface area (Å²) in [5.41, 5.74) is 10.5. The van der Waals surface area contributed by atoms with Crippen LogP contribution in [0.1, 0.15) is 55.5 Å². The molecule has 11 nitrogen and oxygen atoms in total. The van der Waals surface area contributed by atoms with Crippen molar-refractivity contribution in [1.29, 1.82) is 0 Å². The van der Waals surface area contributed by atoms with Crippen LogP contribution in [0.4, 0.5) is 5.69 Å². The summed E-state index contributed by atoms with van der Waals surface area (Å²) in [4.78, 5) is 42.1. The maximum absolute atomic E-state index is 13.7. The molecule has 0 aliphatic heterocycles. The van der Waals surface area contributed by atoms with Crippen molar-refractivity contribution in [3.8, 4) is 22.5 Å². The standard InChI is InChI=1S/C35H42N8O3/c1-3-43(4-2)35(46)30-8-6-5-7-29(30)25-13-9-23(10-14-25)21-31(38-33(44)27-15-11-24(22-36)12-16-27)34(45)37-28-19-17-26(18-20-28)32-39-41-42-40-32/h5-10,13-14,17-20,24,27,31H,3-4,11-12,15-16,21-22,36H2,1-2H3,(H,37,45)(H,38,44)(H,39,40,41,42)/t24?,27?,31-/m0/s1. The summed E-state index contributed by atoms with van der Waals surface area (Å²) in [5, 5.41) is 20.0. The normalized spacial score (nSPS) is 16.8. The Morgan fingerprint density at radius 1 is 0.913 bits per heavy atom. The Labute approximate surface area is 269 Å². The monoisotopic (exact) mass is 622 g/mol. The van der Waals surface area contributed by atoms with E-state index in [-0.39, 0.29) is 23.6 Å². The lowest BCUT2D eigenvalue weighted by atomic mass is 9.81. The number of carbonyl (C=O) groups is 3. The maximum atomic E-state index is 13.7. The van der Waals surface area contributed by atoms with Crippen molar-refractivity contribution in [2.45, 2.75) is 52.0 Å². The minimum absolute atomic E-state index is 0.00468. The zero-order valence-corrected chi connectivity index (χ0v) is 26.4. The number of hydrogen-bond donors (Lipinski definition) is 4. The molecule has 4 aromatic rings. The van der Waals surface area contributed by atoms with Crippen LogP contribution in [0.15, 0.2) is 72.8 Å². The molecule has 240 valence electrons. The zero-order chi connectivity index (χ0) is 32.5. The molecule has 11 heteroatoms. The highest BCUT2D eigenvalue weighted by atomic mass is 16.2. The molecular formula is C35H42N8O3. The molecule has 0 radical (unpaired) electrons. The number of aromatic nitrogens is 4. The number of nitrogens with zero attached hydrogens (tertiary/aromatic N) is 4. The fraction of sp³-hybridized carbons (Fsp3) is 0.371. The molecule has 0 spiro atoms. The Balaban J connectivity index is 1.33. The first-order valence-corrected chi connectivity index (χ1v) is 16.0. The number of carbonyl (C=O) groups excluding carboxylic acids is 3. The van der Waals surface area contributed by atoms with Crippen LogP contribution in [0.2, 0.25) is 0 Å². The van der Waals surface area contributed by atoms with Gasteiger partial charge in [-0.3, -0.25) is 14.4 Å².